The van der Waals surface area contributed by atoms with Crippen LogP contribution in [-0.2, 0) is 13.6 Å². The smallest absolute Gasteiger partial charge is 0.337 e. The minimum absolute atomic E-state index is 0. The van der Waals surface area contributed by atoms with Crippen molar-refractivity contribution in [1.82, 2.24) is 4.90 Å². The SMILES string of the molecule is C[n+]1c2ccccc2c(C(=O)O)c2ccc(CN3C(=O)c4ccccc4C3=O)cc21.[Br-]. The van der Waals surface area contributed by atoms with Gasteiger partial charge in [-0.1, -0.05) is 30.3 Å². The van der Waals surface area contributed by atoms with Crippen LogP contribution >= 0.6 is 0 Å². The van der Waals surface area contributed by atoms with Crippen LogP contribution in [0.15, 0.2) is 66.7 Å². The number of rotatable bonds is 3. The number of carboxylic acids is 1. The molecular weight excluding hydrogens is 460 g/mol. The van der Waals surface area contributed by atoms with E-state index < -0.39 is 5.97 Å². The zero-order valence-electron chi connectivity index (χ0n) is 16.5. The van der Waals surface area contributed by atoms with E-state index in [1.807, 2.05) is 35.9 Å². The van der Waals surface area contributed by atoms with Crippen LogP contribution in [0.2, 0.25) is 0 Å². The minimum Gasteiger partial charge on any atom is -1.00 e. The molecule has 3 aromatic carbocycles. The topological polar surface area (TPSA) is 78.6 Å². The highest BCUT2D eigenvalue weighted by molar-refractivity contribution is 6.21. The molecule has 0 spiro atoms. The molecule has 0 unspecified atom stereocenters. The molecule has 0 aliphatic carbocycles. The second kappa shape index (κ2) is 7.59. The summed E-state index contributed by atoms with van der Waals surface area (Å²) < 4.78 is 1.93. The summed E-state index contributed by atoms with van der Waals surface area (Å²) in [6, 6.07) is 19.5. The normalized spacial score (nSPS) is 12.9. The van der Waals surface area contributed by atoms with Gasteiger partial charge in [0.25, 0.3) is 11.8 Å². The monoisotopic (exact) mass is 476 g/mol. The number of amides is 2. The van der Waals surface area contributed by atoms with E-state index in [1.54, 1.807) is 42.5 Å². The summed E-state index contributed by atoms with van der Waals surface area (Å²) in [6.07, 6.45) is 0. The van der Waals surface area contributed by atoms with Gasteiger partial charge in [-0.15, -0.1) is 0 Å². The standard InChI is InChI=1S/C24H16N2O4.BrH/c1-25-19-9-5-4-8-17(19)21(24(29)30)18-11-10-14(12-20(18)25)13-26-22(27)15-6-2-3-7-16(15)23(26)28;/h2-12H,13H2,1H3;1H. The van der Waals surface area contributed by atoms with Crippen LogP contribution in [0.3, 0.4) is 0 Å². The molecule has 1 aliphatic heterocycles. The van der Waals surface area contributed by atoms with Gasteiger partial charge in [-0.3, -0.25) is 14.5 Å². The molecule has 31 heavy (non-hydrogen) atoms. The maximum absolute atomic E-state index is 12.7. The van der Waals surface area contributed by atoms with Gasteiger partial charge in [0.15, 0.2) is 0 Å². The second-order valence-electron chi connectivity index (χ2n) is 7.35. The van der Waals surface area contributed by atoms with Crippen molar-refractivity contribution in [3.05, 3.63) is 89.0 Å². The first-order chi connectivity index (χ1) is 14.5. The number of hydrogen-bond acceptors (Lipinski definition) is 3. The fraction of sp³-hybridized carbons (Fsp3) is 0.0833. The summed E-state index contributed by atoms with van der Waals surface area (Å²) in [5, 5.41) is 11.1. The summed E-state index contributed by atoms with van der Waals surface area (Å²) in [4.78, 5) is 38.6. The molecule has 7 heteroatoms. The number of aryl methyl sites for hydroxylation is 1. The van der Waals surface area contributed by atoms with Crippen LogP contribution in [0.5, 0.6) is 0 Å². The van der Waals surface area contributed by atoms with Crippen molar-refractivity contribution in [1.29, 1.82) is 0 Å². The molecule has 154 valence electrons. The first-order valence-electron chi connectivity index (χ1n) is 9.49. The summed E-state index contributed by atoms with van der Waals surface area (Å²) >= 11 is 0. The summed E-state index contributed by atoms with van der Waals surface area (Å²) in [5.41, 5.74) is 3.33. The highest BCUT2D eigenvalue weighted by Crippen LogP contribution is 2.28. The van der Waals surface area contributed by atoms with Crippen LogP contribution in [0, 0.1) is 0 Å². The number of halogens is 1. The molecule has 1 aromatic heterocycles. The number of aromatic carboxylic acids is 1. The molecule has 0 saturated carbocycles. The molecule has 2 heterocycles. The van der Waals surface area contributed by atoms with Gasteiger partial charge in [0.2, 0.25) is 11.0 Å². The number of para-hydroxylation sites is 1. The lowest BCUT2D eigenvalue weighted by Crippen LogP contribution is -3.00. The van der Waals surface area contributed by atoms with Crippen molar-refractivity contribution in [2.45, 2.75) is 6.54 Å². The number of aromatic nitrogens is 1. The van der Waals surface area contributed by atoms with E-state index in [2.05, 4.69) is 0 Å². The third kappa shape index (κ3) is 3.09. The molecule has 0 saturated heterocycles. The predicted molar refractivity (Wildman–Crippen MR) is 110 cm³/mol. The van der Waals surface area contributed by atoms with Gasteiger partial charge in [0.1, 0.15) is 7.05 Å². The van der Waals surface area contributed by atoms with Crippen molar-refractivity contribution in [3.8, 4) is 0 Å². The number of pyridine rings is 1. The fourth-order valence-electron chi connectivity index (χ4n) is 4.21. The Morgan fingerprint density at radius 3 is 2.10 bits per heavy atom. The van der Waals surface area contributed by atoms with Crippen molar-refractivity contribution < 1.29 is 41.0 Å². The Morgan fingerprint density at radius 1 is 0.871 bits per heavy atom. The molecule has 1 N–H and O–H groups in total. The Kier molecular flexibility index (Phi) is 5.07. The maximum atomic E-state index is 12.7. The van der Waals surface area contributed by atoms with E-state index in [0.29, 0.717) is 21.9 Å². The highest BCUT2D eigenvalue weighted by atomic mass is 79.9. The number of nitrogens with zero attached hydrogens (tertiary/aromatic N) is 2. The van der Waals surface area contributed by atoms with Crippen LogP contribution < -0.4 is 21.5 Å². The lowest BCUT2D eigenvalue weighted by atomic mass is 10.0. The molecule has 0 radical (unpaired) electrons. The molecule has 6 nitrogen and oxygen atoms in total. The third-order valence-electron chi connectivity index (χ3n) is 5.66. The Morgan fingerprint density at radius 2 is 1.45 bits per heavy atom. The van der Waals surface area contributed by atoms with Gasteiger partial charge in [0, 0.05) is 12.1 Å². The van der Waals surface area contributed by atoms with E-state index in [0.717, 1.165) is 16.6 Å². The predicted octanol–water partition coefficient (Wildman–Crippen LogP) is 0.316. The first kappa shape index (κ1) is 20.7. The minimum atomic E-state index is -0.995. The van der Waals surface area contributed by atoms with Gasteiger partial charge in [-0.2, -0.15) is 4.57 Å². The molecule has 0 atom stereocenters. The Balaban J connectivity index is 0.00000231. The number of imide groups is 1. The summed E-state index contributed by atoms with van der Waals surface area (Å²) in [7, 11) is 1.88. The number of carboxylic acid groups (broad SMARTS) is 1. The van der Waals surface area contributed by atoms with Crippen LogP contribution in [-0.4, -0.2) is 27.8 Å². The molecule has 0 fully saturated rings. The van der Waals surface area contributed by atoms with Crippen molar-refractivity contribution in [3.63, 3.8) is 0 Å². The number of fused-ring (bicyclic) bond motifs is 3. The Labute approximate surface area is 188 Å². The van der Waals surface area contributed by atoms with Gasteiger partial charge in [-0.05, 0) is 29.8 Å². The summed E-state index contributed by atoms with van der Waals surface area (Å²) in [6.45, 7) is 0.123. The average Bonchev–Trinajstić information content (AvgIpc) is 2.99. The van der Waals surface area contributed by atoms with Gasteiger partial charge < -0.3 is 22.1 Å². The zero-order valence-corrected chi connectivity index (χ0v) is 18.1. The molecular formula is C24H17BrN2O4. The molecule has 1 aliphatic rings. The lowest BCUT2D eigenvalue weighted by molar-refractivity contribution is -0.617. The van der Waals surface area contributed by atoms with E-state index >= 15 is 0 Å². The second-order valence-corrected chi connectivity index (χ2v) is 7.35. The van der Waals surface area contributed by atoms with Gasteiger partial charge in [0.05, 0.1) is 34.0 Å². The fourth-order valence-corrected chi connectivity index (χ4v) is 4.21. The first-order valence-corrected chi connectivity index (χ1v) is 9.49. The Hall–Kier alpha value is -3.58. The number of carbonyl (C=O) groups excluding carboxylic acids is 2. The quantitative estimate of drug-likeness (QED) is 0.262. The van der Waals surface area contributed by atoms with E-state index in [9.17, 15) is 19.5 Å². The van der Waals surface area contributed by atoms with Crippen molar-refractivity contribution >= 4 is 39.6 Å². The molecule has 0 bridgehead atoms. The Bertz CT molecular complexity index is 1380. The third-order valence-corrected chi connectivity index (χ3v) is 5.66. The van der Waals surface area contributed by atoms with Gasteiger partial charge in [-0.25, -0.2) is 4.79 Å². The lowest BCUT2D eigenvalue weighted by Gasteiger charge is -2.14. The largest absolute Gasteiger partial charge is 1.00 e. The molecule has 4 aromatic rings. The van der Waals surface area contributed by atoms with Crippen LogP contribution in [0.4, 0.5) is 0 Å². The van der Waals surface area contributed by atoms with E-state index in [4.69, 9.17) is 0 Å². The van der Waals surface area contributed by atoms with E-state index in [1.165, 1.54) is 4.90 Å². The van der Waals surface area contributed by atoms with Gasteiger partial charge >= 0.3 is 5.97 Å². The van der Waals surface area contributed by atoms with E-state index in [-0.39, 0.29) is 40.9 Å². The molecule has 2 amide bonds. The van der Waals surface area contributed by atoms with Crippen LogP contribution in [0.1, 0.15) is 36.6 Å². The maximum Gasteiger partial charge on any atom is 0.337 e. The molecule has 5 rings (SSSR count). The number of benzene rings is 3. The zero-order chi connectivity index (χ0) is 21.0. The van der Waals surface area contributed by atoms with Crippen LogP contribution in [0.25, 0.3) is 21.8 Å². The van der Waals surface area contributed by atoms with Crippen molar-refractivity contribution in [2.75, 3.05) is 0 Å². The average molecular weight is 477 g/mol. The number of carbonyl (C=O) groups is 3. The summed E-state index contributed by atoms with van der Waals surface area (Å²) in [5.74, 6) is -1.63. The number of hydrogen-bond donors (Lipinski definition) is 1. The van der Waals surface area contributed by atoms with Crippen molar-refractivity contribution in [2.24, 2.45) is 7.05 Å². The highest BCUT2D eigenvalue weighted by Gasteiger charge is 2.35.